The van der Waals surface area contributed by atoms with E-state index in [0.717, 1.165) is 6.26 Å². The first-order valence-electron chi connectivity index (χ1n) is 4.67. The highest BCUT2D eigenvalue weighted by Crippen LogP contribution is 2.32. The normalized spacial score (nSPS) is 14.6. The van der Waals surface area contributed by atoms with Gasteiger partial charge in [-0.05, 0) is 5.56 Å². The third-order valence-electron chi connectivity index (χ3n) is 1.88. The Balaban J connectivity index is 2.95. The van der Waals surface area contributed by atoms with Gasteiger partial charge in [0.25, 0.3) is 10.1 Å². The van der Waals surface area contributed by atoms with Crippen LogP contribution in [0.4, 0.5) is 13.2 Å². The summed E-state index contributed by atoms with van der Waals surface area (Å²) >= 11 is 0. The van der Waals surface area contributed by atoms with Crippen molar-refractivity contribution in [2.75, 3.05) is 6.26 Å². The molecule has 0 saturated heterocycles. The Morgan fingerprint density at radius 1 is 1.24 bits per heavy atom. The first-order valence-corrected chi connectivity index (χ1v) is 6.49. The first kappa shape index (κ1) is 14.0. The molecular weight excluding hydrogens is 257 g/mol. The Morgan fingerprint density at radius 3 is 2.18 bits per heavy atom. The number of hydrogen-bond donors (Lipinski definition) is 0. The lowest BCUT2D eigenvalue weighted by atomic mass is 10.1. The van der Waals surface area contributed by atoms with E-state index in [4.69, 9.17) is 0 Å². The zero-order valence-corrected chi connectivity index (χ0v) is 9.75. The molecule has 3 nitrogen and oxygen atoms in total. The second-order valence-corrected chi connectivity index (χ2v) is 5.12. The summed E-state index contributed by atoms with van der Waals surface area (Å²) in [6, 6.07) is 7.44. The molecule has 0 aromatic heterocycles. The summed E-state index contributed by atoms with van der Waals surface area (Å²) in [6.45, 7) is 0. The summed E-state index contributed by atoms with van der Waals surface area (Å²) in [5.74, 6) is 0. The quantitative estimate of drug-likeness (QED) is 0.788. The fraction of sp³-hybridized carbons (Fsp3) is 0.400. The minimum atomic E-state index is -4.49. The smallest absolute Gasteiger partial charge is 0.262 e. The largest absolute Gasteiger partial charge is 0.391 e. The molecule has 1 aromatic rings. The molecule has 0 amide bonds. The number of halogens is 3. The van der Waals surface area contributed by atoms with Crippen molar-refractivity contribution in [1.29, 1.82) is 0 Å². The number of hydrogen-bond acceptors (Lipinski definition) is 3. The third-order valence-corrected chi connectivity index (χ3v) is 2.46. The molecule has 0 heterocycles. The molecule has 1 unspecified atom stereocenters. The molecule has 0 aliphatic rings. The van der Waals surface area contributed by atoms with E-state index >= 15 is 0 Å². The molecule has 0 fully saturated rings. The molecule has 1 aromatic carbocycles. The van der Waals surface area contributed by atoms with Crippen LogP contribution in [0.15, 0.2) is 30.3 Å². The van der Waals surface area contributed by atoms with Gasteiger partial charge in [-0.2, -0.15) is 21.6 Å². The number of benzene rings is 1. The van der Waals surface area contributed by atoms with E-state index in [1.165, 1.54) is 24.3 Å². The molecule has 0 N–H and O–H groups in total. The zero-order chi connectivity index (χ0) is 13.1. The van der Waals surface area contributed by atoms with Crippen molar-refractivity contribution in [2.24, 2.45) is 0 Å². The standard InChI is InChI=1S/C10H11F3O3S/c1-17(14,15)16-9(7-10(11,12)13)8-5-3-2-4-6-8/h2-6,9H,7H2,1H3. The summed E-state index contributed by atoms with van der Waals surface area (Å²) in [7, 11) is -3.94. The fourth-order valence-corrected chi connectivity index (χ4v) is 1.90. The number of rotatable bonds is 4. The van der Waals surface area contributed by atoms with Crippen molar-refractivity contribution in [3.63, 3.8) is 0 Å². The van der Waals surface area contributed by atoms with Gasteiger partial charge in [0.05, 0.1) is 12.7 Å². The van der Waals surface area contributed by atoms with Gasteiger partial charge < -0.3 is 0 Å². The van der Waals surface area contributed by atoms with Crippen molar-refractivity contribution >= 4 is 10.1 Å². The lowest BCUT2D eigenvalue weighted by Gasteiger charge is -2.18. The van der Waals surface area contributed by atoms with Gasteiger partial charge >= 0.3 is 6.18 Å². The maximum Gasteiger partial charge on any atom is 0.391 e. The summed E-state index contributed by atoms with van der Waals surface area (Å²) in [5, 5.41) is 0. The number of alkyl halides is 3. The van der Waals surface area contributed by atoms with Gasteiger partial charge in [0.1, 0.15) is 6.10 Å². The predicted octanol–water partition coefficient (Wildman–Crippen LogP) is 2.66. The molecule has 1 atom stereocenters. The summed E-state index contributed by atoms with van der Waals surface area (Å²) in [6.07, 6.45) is -6.65. The van der Waals surface area contributed by atoms with E-state index in [1.807, 2.05) is 0 Å². The molecule has 0 bridgehead atoms. The summed E-state index contributed by atoms with van der Waals surface area (Å²) < 4.78 is 63.1. The van der Waals surface area contributed by atoms with E-state index in [1.54, 1.807) is 6.07 Å². The Labute approximate surface area is 97.3 Å². The Bertz CT molecular complexity index is 453. The van der Waals surface area contributed by atoms with Gasteiger partial charge in [0.2, 0.25) is 0 Å². The van der Waals surface area contributed by atoms with E-state index in [9.17, 15) is 21.6 Å². The van der Waals surface area contributed by atoms with Gasteiger partial charge in [-0.25, -0.2) is 0 Å². The summed E-state index contributed by atoms with van der Waals surface area (Å²) in [4.78, 5) is 0. The molecule has 7 heteroatoms. The molecule has 0 spiro atoms. The van der Waals surface area contributed by atoms with Crippen LogP contribution in [-0.4, -0.2) is 20.8 Å². The first-order chi connectivity index (χ1) is 7.67. The van der Waals surface area contributed by atoms with Crippen molar-refractivity contribution < 1.29 is 25.8 Å². The van der Waals surface area contributed by atoms with Crippen molar-refractivity contribution in [3.8, 4) is 0 Å². The lowest BCUT2D eigenvalue weighted by Crippen LogP contribution is -2.18. The molecule has 0 radical (unpaired) electrons. The van der Waals surface area contributed by atoms with Crippen LogP contribution in [0.1, 0.15) is 18.1 Å². The topological polar surface area (TPSA) is 43.4 Å². The molecule has 96 valence electrons. The van der Waals surface area contributed by atoms with Crippen LogP contribution in [0.25, 0.3) is 0 Å². The SMILES string of the molecule is CS(=O)(=O)OC(CC(F)(F)F)c1ccccc1. The molecule has 17 heavy (non-hydrogen) atoms. The maximum absolute atomic E-state index is 12.3. The Kier molecular flexibility index (Phi) is 4.16. The second-order valence-electron chi connectivity index (χ2n) is 3.52. The Morgan fingerprint density at radius 2 is 1.76 bits per heavy atom. The van der Waals surface area contributed by atoms with Crippen LogP contribution in [0, 0.1) is 0 Å². The van der Waals surface area contributed by atoms with Gasteiger partial charge in [-0.1, -0.05) is 30.3 Å². The van der Waals surface area contributed by atoms with Crippen LogP contribution in [0.5, 0.6) is 0 Å². The fourth-order valence-electron chi connectivity index (χ4n) is 1.30. The minimum Gasteiger partial charge on any atom is -0.262 e. The van der Waals surface area contributed by atoms with E-state index in [2.05, 4.69) is 4.18 Å². The predicted molar refractivity (Wildman–Crippen MR) is 55.8 cm³/mol. The summed E-state index contributed by atoms with van der Waals surface area (Å²) in [5.41, 5.74) is 0.176. The van der Waals surface area contributed by atoms with Gasteiger partial charge in [0.15, 0.2) is 0 Å². The average Bonchev–Trinajstić information content (AvgIpc) is 2.14. The average molecular weight is 268 g/mol. The van der Waals surface area contributed by atoms with Gasteiger partial charge in [-0.3, -0.25) is 4.18 Å². The molecular formula is C10H11F3O3S. The van der Waals surface area contributed by atoms with Crippen LogP contribution >= 0.6 is 0 Å². The van der Waals surface area contributed by atoms with E-state index in [0.29, 0.717) is 0 Å². The lowest BCUT2D eigenvalue weighted by molar-refractivity contribution is -0.150. The molecule has 1 rings (SSSR count). The monoisotopic (exact) mass is 268 g/mol. The maximum atomic E-state index is 12.3. The van der Waals surface area contributed by atoms with E-state index in [-0.39, 0.29) is 5.56 Å². The van der Waals surface area contributed by atoms with Crippen LogP contribution < -0.4 is 0 Å². The van der Waals surface area contributed by atoms with Crippen LogP contribution in [-0.2, 0) is 14.3 Å². The van der Waals surface area contributed by atoms with Gasteiger partial charge in [0, 0.05) is 0 Å². The highest BCUT2D eigenvalue weighted by molar-refractivity contribution is 7.86. The highest BCUT2D eigenvalue weighted by atomic mass is 32.2. The van der Waals surface area contributed by atoms with Crippen molar-refractivity contribution in [3.05, 3.63) is 35.9 Å². The van der Waals surface area contributed by atoms with E-state index < -0.39 is 28.8 Å². The second kappa shape index (κ2) is 5.05. The molecule has 0 aliphatic carbocycles. The molecule has 0 aliphatic heterocycles. The van der Waals surface area contributed by atoms with Crippen molar-refractivity contribution in [1.82, 2.24) is 0 Å². The van der Waals surface area contributed by atoms with Crippen LogP contribution in [0.2, 0.25) is 0 Å². The van der Waals surface area contributed by atoms with Crippen molar-refractivity contribution in [2.45, 2.75) is 18.7 Å². The zero-order valence-electron chi connectivity index (χ0n) is 8.94. The third kappa shape index (κ3) is 5.69. The highest BCUT2D eigenvalue weighted by Gasteiger charge is 2.34. The van der Waals surface area contributed by atoms with Gasteiger partial charge in [-0.15, -0.1) is 0 Å². The Hall–Kier alpha value is -1.08. The van der Waals surface area contributed by atoms with Crippen LogP contribution in [0.3, 0.4) is 0 Å². The minimum absolute atomic E-state index is 0.176. The molecule has 0 saturated carbocycles.